The summed E-state index contributed by atoms with van der Waals surface area (Å²) in [5, 5.41) is 9.93. The minimum absolute atomic E-state index is 0.00853. The SMILES string of the molecule is C#CCOc1cnc2c(Cc3cnc(F)c([C@@]4(C)N=C(N)S[C@@]5([C@@H](O)C(F)(F)F)C[C@H]54)c3)ncnc2c1. The van der Waals surface area contributed by atoms with Gasteiger partial charge in [0.15, 0.2) is 11.3 Å². The van der Waals surface area contributed by atoms with Gasteiger partial charge in [-0.3, -0.25) is 4.99 Å². The van der Waals surface area contributed by atoms with Gasteiger partial charge in [-0.15, -0.1) is 6.42 Å². The quantitative estimate of drug-likeness (QED) is 0.282. The Labute approximate surface area is 212 Å². The van der Waals surface area contributed by atoms with Gasteiger partial charge in [0.2, 0.25) is 5.95 Å². The van der Waals surface area contributed by atoms with Crippen molar-refractivity contribution >= 4 is 28.0 Å². The van der Waals surface area contributed by atoms with Crippen LogP contribution in [-0.2, 0) is 12.0 Å². The number of terminal acetylenes is 1. The van der Waals surface area contributed by atoms with E-state index in [4.69, 9.17) is 16.9 Å². The molecule has 0 spiro atoms. The molecule has 1 aliphatic heterocycles. The van der Waals surface area contributed by atoms with Crippen LogP contribution in [0, 0.1) is 24.2 Å². The third-order valence-electron chi connectivity index (χ3n) is 6.70. The lowest BCUT2D eigenvalue weighted by Crippen LogP contribution is -2.47. The van der Waals surface area contributed by atoms with E-state index < -0.39 is 34.4 Å². The fourth-order valence-electron chi connectivity index (χ4n) is 4.90. The molecule has 0 aromatic carbocycles. The molecule has 1 saturated carbocycles. The highest BCUT2D eigenvalue weighted by Crippen LogP contribution is 2.68. The molecule has 4 heterocycles. The molecule has 1 fully saturated rings. The topological polar surface area (TPSA) is 119 Å². The Morgan fingerprint density at radius 2 is 2.05 bits per heavy atom. The van der Waals surface area contributed by atoms with Gasteiger partial charge in [-0.25, -0.2) is 19.9 Å². The molecule has 3 aromatic heterocycles. The standard InChI is InChI=1S/C24H20F4N6O2S/c1-3-4-36-13-7-16-18(30-10-13)15(32-11-33-16)6-12-5-14(19(25)31-9-12)22(2)17-8-23(17,37-21(29)34-22)20(35)24(26,27)28/h1,5,7,9-11,17,20,35H,4,6,8H2,2H3,(H2,29,34)/t17-,20+,22+,23-/m0/s1. The number of halogens is 4. The van der Waals surface area contributed by atoms with Gasteiger partial charge in [-0.1, -0.05) is 17.7 Å². The maximum Gasteiger partial charge on any atom is 0.415 e. The summed E-state index contributed by atoms with van der Waals surface area (Å²) in [5.74, 6) is 1.12. The molecule has 5 rings (SSSR count). The number of aliphatic hydroxyl groups excluding tert-OH is 1. The average molecular weight is 533 g/mol. The number of thioether (sulfide) groups is 1. The maximum absolute atomic E-state index is 15.0. The smallest absolute Gasteiger partial charge is 0.415 e. The second kappa shape index (κ2) is 8.81. The number of hydrogen-bond donors (Lipinski definition) is 2. The van der Waals surface area contributed by atoms with Gasteiger partial charge >= 0.3 is 6.18 Å². The normalized spacial score (nSPS) is 25.6. The van der Waals surface area contributed by atoms with Crippen LogP contribution in [0.2, 0.25) is 0 Å². The summed E-state index contributed by atoms with van der Waals surface area (Å²) < 4.78 is 59.0. The lowest BCUT2D eigenvalue weighted by Gasteiger charge is -2.36. The van der Waals surface area contributed by atoms with Crippen molar-refractivity contribution in [2.24, 2.45) is 16.6 Å². The number of alkyl halides is 3. The van der Waals surface area contributed by atoms with E-state index in [0.29, 0.717) is 39.8 Å². The molecule has 2 aliphatic rings. The van der Waals surface area contributed by atoms with E-state index in [2.05, 4.69) is 30.8 Å². The highest BCUT2D eigenvalue weighted by molar-refractivity contribution is 8.15. The molecule has 3 N–H and O–H groups in total. The minimum Gasteiger partial charge on any atom is -0.479 e. The zero-order valence-electron chi connectivity index (χ0n) is 19.3. The molecule has 0 bridgehead atoms. The summed E-state index contributed by atoms with van der Waals surface area (Å²) in [6, 6.07) is 3.16. The molecule has 0 unspecified atom stereocenters. The van der Waals surface area contributed by atoms with Gasteiger partial charge in [0.25, 0.3) is 0 Å². The summed E-state index contributed by atoms with van der Waals surface area (Å²) >= 11 is 0.683. The van der Waals surface area contributed by atoms with Gasteiger partial charge < -0.3 is 15.6 Å². The fraction of sp³-hybridized carbons (Fsp3) is 0.375. The minimum atomic E-state index is -4.86. The van der Waals surface area contributed by atoms with E-state index in [1.807, 2.05) is 0 Å². The molecule has 192 valence electrons. The van der Waals surface area contributed by atoms with Crippen molar-refractivity contribution in [1.82, 2.24) is 19.9 Å². The van der Waals surface area contributed by atoms with E-state index in [9.17, 15) is 18.3 Å². The zero-order chi connectivity index (χ0) is 26.6. The fourth-order valence-corrected chi connectivity index (χ4v) is 6.39. The van der Waals surface area contributed by atoms with Gasteiger partial charge in [0.1, 0.15) is 24.2 Å². The first-order valence-electron chi connectivity index (χ1n) is 11.1. The number of aliphatic imine (C=N–C) groups is 1. The number of pyridine rings is 2. The van der Waals surface area contributed by atoms with Crippen LogP contribution in [0.15, 0.2) is 35.8 Å². The van der Waals surface area contributed by atoms with Crippen molar-refractivity contribution < 1.29 is 27.4 Å². The summed E-state index contributed by atoms with van der Waals surface area (Å²) in [5.41, 5.74) is 6.47. The van der Waals surface area contributed by atoms with Gasteiger partial charge in [-0.05, 0) is 25.0 Å². The number of nitrogens with two attached hydrogens (primary N) is 1. The van der Waals surface area contributed by atoms with E-state index >= 15 is 4.39 Å². The third kappa shape index (κ3) is 4.34. The van der Waals surface area contributed by atoms with E-state index in [-0.39, 0.29) is 30.2 Å². The Morgan fingerprint density at radius 3 is 2.78 bits per heavy atom. The van der Waals surface area contributed by atoms with Gasteiger partial charge in [-0.2, -0.15) is 17.6 Å². The molecule has 4 atom stereocenters. The summed E-state index contributed by atoms with van der Waals surface area (Å²) in [4.78, 5) is 21.1. The lowest BCUT2D eigenvalue weighted by molar-refractivity contribution is -0.207. The predicted molar refractivity (Wildman–Crippen MR) is 128 cm³/mol. The molecular formula is C24H20F4N6O2S. The number of fused-ring (bicyclic) bond motifs is 2. The molecule has 0 radical (unpaired) electrons. The first kappa shape index (κ1) is 25.2. The van der Waals surface area contributed by atoms with Crippen LogP contribution in [0.4, 0.5) is 17.6 Å². The monoisotopic (exact) mass is 532 g/mol. The second-order valence-electron chi connectivity index (χ2n) is 9.07. The van der Waals surface area contributed by atoms with Crippen molar-refractivity contribution in [3.63, 3.8) is 0 Å². The Morgan fingerprint density at radius 1 is 1.27 bits per heavy atom. The Bertz CT molecular complexity index is 1460. The molecule has 0 amide bonds. The first-order valence-corrected chi connectivity index (χ1v) is 11.9. The molecule has 1 aliphatic carbocycles. The molecule has 37 heavy (non-hydrogen) atoms. The van der Waals surface area contributed by atoms with Crippen LogP contribution in [0.3, 0.4) is 0 Å². The lowest BCUT2D eigenvalue weighted by atomic mass is 9.85. The number of ether oxygens (including phenoxy) is 1. The van der Waals surface area contributed by atoms with E-state index in [0.717, 1.165) is 0 Å². The first-order chi connectivity index (χ1) is 17.5. The van der Waals surface area contributed by atoms with Crippen LogP contribution in [0.1, 0.15) is 30.2 Å². The number of aliphatic hydroxyl groups is 1. The second-order valence-corrected chi connectivity index (χ2v) is 10.4. The van der Waals surface area contributed by atoms with Crippen molar-refractivity contribution in [2.45, 2.75) is 42.3 Å². The van der Waals surface area contributed by atoms with Crippen LogP contribution in [-0.4, -0.2) is 53.8 Å². The number of amidine groups is 1. The number of rotatable bonds is 6. The van der Waals surface area contributed by atoms with E-state index in [1.165, 1.54) is 31.7 Å². The summed E-state index contributed by atoms with van der Waals surface area (Å²) in [6.45, 7) is 1.58. The summed E-state index contributed by atoms with van der Waals surface area (Å²) in [6.07, 6.45) is 2.03. The van der Waals surface area contributed by atoms with Crippen molar-refractivity contribution in [3.05, 3.63) is 53.6 Å². The van der Waals surface area contributed by atoms with Gasteiger partial charge in [0, 0.05) is 30.2 Å². The van der Waals surface area contributed by atoms with Crippen molar-refractivity contribution in [1.29, 1.82) is 0 Å². The Kier molecular flexibility index (Phi) is 5.99. The number of nitrogens with zero attached hydrogens (tertiary/aromatic N) is 5. The number of aromatic nitrogens is 4. The Balaban J connectivity index is 1.49. The Hall–Kier alpha value is -3.50. The molecule has 8 nitrogen and oxygen atoms in total. The van der Waals surface area contributed by atoms with Crippen LogP contribution < -0.4 is 10.5 Å². The predicted octanol–water partition coefficient (Wildman–Crippen LogP) is 3.12. The van der Waals surface area contributed by atoms with Crippen molar-refractivity contribution in [3.8, 4) is 18.1 Å². The molecule has 0 saturated heterocycles. The van der Waals surface area contributed by atoms with Crippen LogP contribution in [0.5, 0.6) is 5.75 Å². The number of hydrogen-bond acceptors (Lipinski definition) is 9. The third-order valence-corrected chi connectivity index (χ3v) is 8.06. The summed E-state index contributed by atoms with van der Waals surface area (Å²) in [7, 11) is 0. The largest absolute Gasteiger partial charge is 0.479 e. The van der Waals surface area contributed by atoms with Gasteiger partial charge in [0.05, 0.1) is 27.7 Å². The molecular weight excluding hydrogens is 512 g/mol. The molecule has 3 aromatic rings. The zero-order valence-corrected chi connectivity index (χ0v) is 20.1. The average Bonchev–Trinajstić information content (AvgIpc) is 3.59. The van der Waals surface area contributed by atoms with Crippen LogP contribution >= 0.6 is 11.8 Å². The van der Waals surface area contributed by atoms with E-state index in [1.54, 1.807) is 6.07 Å². The highest BCUT2D eigenvalue weighted by Gasteiger charge is 2.74. The van der Waals surface area contributed by atoms with Crippen LogP contribution in [0.25, 0.3) is 11.0 Å². The maximum atomic E-state index is 15.0. The molecule has 13 heteroatoms. The highest BCUT2D eigenvalue weighted by atomic mass is 32.2. The van der Waals surface area contributed by atoms with Crippen molar-refractivity contribution in [2.75, 3.05) is 6.61 Å².